The van der Waals surface area contributed by atoms with E-state index in [9.17, 15) is 27.6 Å². The highest BCUT2D eigenvalue weighted by molar-refractivity contribution is 5.79. The molecule has 26 heavy (non-hydrogen) atoms. The zero-order valence-corrected chi connectivity index (χ0v) is 14.8. The standard InChI is InChI=1S/C16H23F3N4O3/c1-3-6-23-12(8-13(24)21(2)15(23)26)22-7-4-5-11(9-22)14(25)20-10-16(17,18)19/h8,11H,3-7,9-10H2,1-2H3,(H,20,25). The lowest BCUT2D eigenvalue weighted by molar-refractivity contribution is -0.140. The van der Waals surface area contributed by atoms with Gasteiger partial charge < -0.3 is 10.2 Å². The van der Waals surface area contributed by atoms with Crippen LogP contribution >= 0.6 is 0 Å². The molecule has 7 nitrogen and oxygen atoms in total. The number of halogens is 3. The van der Waals surface area contributed by atoms with Crippen molar-refractivity contribution in [3.63, 3.8) is 0 Å². The first-order valence-corrected chi connectivity index (χ1v) is 8.54. The van der Waals surface area contributed by atoms with Crippen LogP contribution in [0.15, 0.2) is 15.7 Å². The van der Waals surface area contributed by atoms with Gasteiger partial charge in [-0.25, -0.2) is 4.79 Å². The SMILES string of the molecule is CCCn1c(N2CCCC(C(=O)NCC(F)(F)F)C2)cc(=O)n(C)c1=O. The minimum absolute atomic E-state index is 0.167. The Morgan fingerprint density at radius 3 is 2.65 bits per heavy atom. The molecule has 1 aliphatic rings. The quantitative estimate of drug-likeness (QED) is 0.827. The normalized spacial score (nSPS) is 18.0. The highest BCUT2D eigenvalue weighted by atomic mass is 19.4. The van der Waals surface area contributed by atoms with Crippen LogP contribution in [-0.4, -0.2) is 40.9 Å². The van der Waals surface area contributed by atoms with E-state index in [1.54, 1.807) is 4.90 Å². The van der Waals surface area contributed by atoms with Crippen LogP contribution in [0.3, 0.4) is 0 Å². The van der Waals surface area contributed by atoms with E-state index in [1.807, 2.05) is 12.2 Å². The number of piperidine rings is 1. The molecule has 0 spiro atoms. The third-order valence-electron chi connectivity index (χ3n) is 4.40. The fourth-order valence-electron chi connectivity index (χ4n) is 3.09. The van der Waals surface area contributed by atoms with Crippen LogP contribution in [0.25, 0.3) is 0 Å². The maximum Gasteiger partial charge on any atom is 0.405 e. The van der Waals surface area contributed by atoms with Crippen LogP contribution in [0.4, 0.5) is 19.0 Å². The summed E-state index contributed by atoms with van der Waals surface area (Å²) in [4.78, 5) is 38.2. The molecule has 1 saturated heterocycles. The lowest BCUT2D eigenvalue weighted by Gasteiger charge is -2.35. The van der Waals surface area contributed by atoms with Crippen molar-refractivity contribution in [1.82, 2.24) is 14.5 Å². The zero-order chi connectivity index (χ0) is 19.5. The van der Waals surface area contributed by atoms with E-state index in [1.165, 1.54) is 17.7 Å². The molecule has 1 amide bonds. The van der Waals surface area contributed by atoms with Crippen molar-refractivity contribution in [3.05, 3.63) is 26.9 Å². The second kappa shape index (κ2) is 7.96. The summed E-state index contributed by atoms with van der Waals surface area (Å²) in [6.45, 7) is 1.63. The lowest BCUT2D eigenvalue weighted by atomic mass is 9.97. The van der Waals surface area contributed by atoms with Crippen molar-refractivity contribution in [2.45, 2.75) is 38.9 Å². The summed E-state index contributed by atoms with van der Waals surface area (Å²) < 4.78 is 39.3. The Morgan fingerprint density at radius 2 is 2.04 bits per heavy atom. The molecular weight excluding hydrogens is 353 g/mol. The van der Waals surface area contributed by atoms with Crippen LogP contribution in [0.1, 0.15) is 26.2 Å². The predicted octanol–water partition coefficient (Wildman–Crippen LogP) is 0.852. The average Bonchev–Trinajstić information content (AvgIpc) is 2.59. The third-order valence-corrected chi connectivity index (χ3v) is 4.40. The van der Waals surface area contributed by atoms with Gasteiger partial charge in [-0.3, -0.25) is 18.7 Å². The van der Waals surface area contributed by atoms with Crippen LogP contribution in [0.5, 0.6) is 0 Å². The number of anilines is 1. The smallest absolute Gasteiger partial charge is 0.357 e. The van der Waals surface area contributed by atoms with Crippen LogP contribution in [0.2, 0.25) is 0 Å². The summed E-state index contributed by atoms with van der Waals surface area (Å²) in [6.07, 6.45) is -2.74. The van der Waals surface area contributed by atoms with Crippen LogP contribution < -0.4 is 21.5 Å². The number of rotatable bonds is 5. The monoisotopic (exact) mass is 376 g/mol. The number of carbonyl (C=O) groups is 1. The molecule has 1 fully saturated rings. The van der Waals surface area contributed by atoms with Crippen molar-refractivity contribution in [1.29, 1.82) is 0 Å². The number of aromatic nitrogens is 2. The largest absolute Gasteiger partial charge is 0.405 e. The third kappa shape index (κ3) is 4.67. The highest BCUT2D eigenvalue weighted by Gasteiger charge is 2.32. The van der Waals surface area contributed by atoms with E-state index in [0.29, 0.717) is 38.2 Å². The molecule has 1 unspecified atom stereocenters. The number of carbonyl (C=O) groups excluding carboxylic acids is 1. The summed E-state index contributed by atoms with van der Waals surface area (Å²) >= 11 is 0. The molecule has 1 atom stereocenters. The molecule has 2 rings (SSSR count). The van der Waals surface area contributed by atoms with Gasteiger partial charge in [-0.1, -0.05) is 6.92 Å². The second-order valence-electron chi connectivity index (χ2n) is 6.45. The van der Waals surface area contributed by atoms with Gasteiger partial charge in [0.1, 0.15) is 12.4 Å². The minimum Gasteiger partial charge on any atom is -0.357 e. The highest BCUT2D eigenvalue weighted by Crippen LogP contribution is 2.22. The van der Waals surface area contributed by atoms with Crippen molar-refractivity contribution < 1.29 is 18.0 Å². The van der Waals surface area contributed by atoms with Gasteiger partial charge in [-0.2, -0.15) is 13.2 Å². The molecule has 1 N–H and O–H groups in total. The van der Waals surface area contributed by atoms with E-state index in [4.69, 9.17) is 0 Å². The summed E-state index contributed by atoms with van der Waals surface area (Å²) in [5.74, 6) is -0.881. The Bertz CT molecular complexity index is 769. The molecule has 1 aromatic heterocycles. The molecule has 10 heteroatoms. The Labute approximate surface area is 148 Å². The predicted molar refractivity (Wildman–Crippen MR) is 90.2 cm³/mol. The van der Waals surface area contributed by atoms with Crippen molar-refractivity contribution in [2.24, 2.45) is 13.0 Å². The van der Waals surface area contributed by atoms with Gasteiger partial charge in [-0.15, -0.1) is 0 Å². The number of nitrogens with zero attached hydrogens (tertiary/aromatic N) is 3. The minimum atomic E-state index is -4.46. The molecular formula is C16H23F3N4O3. The number of hydrogen-bond acceptors (Lipinski definition) is 4. The average molecular weight is 376 g/mol. The summed E-state index contributed by atoms with van der Waals surface area (Å²) in [6, 6.07) is 1.34. The van der Waals surface area contributed by atoms with E-state index < -0.39 is 35.8 Å². The van der Waals surface area contributed by atoms with E-state index >= 15 is 0 Å². The summed E-state index contributed by atoms with van der Waals surface area (Å²) in [7, 11) is 1.39. The molecule has 0 saturated carbocycles. The van der Waals surface area contributed by atoms with Gasteiger partial charge in [-0.05, 0) is 19.3 Å². The van der Waals surface area contributed by atoms with Gasteiger partial charge in [0, 0.05) is 32.7 Å². The van der Waals surface area contributed by atoms with Gasteiger partial charge in [0.05, 0.1) is 5.92 Å². The first kappa shape index (κ1) is 20.1. The number of alkyl halides is 3. The zero-order valence-electron chi connectivity index (χ0n) is 14.8. The van der Waals surface area contributed by atoms with Crippen molar-refractivity contribution >= 4 is 11.7 Å². The molecule has 1 aromatic rings. The van der Waals surface area contributed by atoms with Crippen LogP contribution in [0, 0.1) is 5.92 Å². The second-order valence-corrected chi connectivity index (χ2v) is 6.45. The molecule has 146 valence electrons. The van der Waals surface area contributed by atoms with Crippen molar-refractivity contribution in [3.8, 4) is 0 Å². The Hall–Kier alpha value is -2.26. The number of hydrogen-bond donors (Lipinski definition) is 1. The maximum absolute atomic E-state index is 12.4. The number of amides is 1. The fraction of sp³-hybridized carbons (Fsp3) is 0.688. The lowest BCUT2D eigenvalue weighted by Crippen LogP contribution is -2.48. The maximum atomic E-state index is 12.4. The fourth-order valence-corrected chi connectivity index (χ4v) is 3.09. The molecule has 2 heterocycles. The summed E-state index contributed by atoms with van der Waals surface area (Å²) in [5.41, 5.74) is -0.904. The van der Waals surface area contributed by atoms with E-state index in [0.717, 1.165) is 4.57 Å². The molecule has 0 radical (unpaired) electrons. The Morgan fingerprint density at radius 1 is 1.35 bits per heavy atom. The molecule has 0 aromatic carbocycles. The topological polar surface area (TPSA) is 76.3 Å². The van der Waals surface area contributed by atoms with E-state index in [2.05, 4.69) is 0 Å². The van der Waals surface area contributed by atoms with Gasteiger partial charge in [0.25, 0.3) is 5.56 Å². The number of nitrogens with one attached hydrogen (secondary N) is 1. The molecule has 0 aliphatic carbocycles. The van der Waals surface area contributed by atoms with Gasteiger partial charge in [0.15, 0.2) is 0 Å². The van der Waals surface area contributed by atoms with E-state index in [-0.39, 0.29) is 6.54 Å². The molecule has 0 bridgehead atoms. The Kier molecular flexibility index (Phi) is 6.14. The van der Waals surface area contributed by atoms with Crippen molar-refractivity contribution in [2.75, 3.05) is 24.5 Å². The first-order valence-electron chi connectivity index (χ1n) is 8.54. The Balaban J connectivity index is 2.23. The van der Waals surface area contributed by atoms with Gasteiger partial charge >= 0.3 is 11.9 Å². The van der Waals surface area contributed by atoms with Crippen LogP contribution in [-0.2, 0) is 18.4 Å². The molecule has 1 aliphatic heterocycles. The summed E-state index contributed by atoms with van der Waals surface area (Å²) in [5, 5.41) is 1.91. The van der Waals surface area contributed by atoms with Gasteiger partial charge in [0.2, 0.25) is 5.91 Å². The first-order chi connectivity index (χ1) is 12.1.